The van der Waals surface area contributed by atoms with Crippen LogP contribution in [0.2, 0.25) is 0 Å². The molecule has 0 saturated heterocycles. The third-order valence-electron chi connectivity index (χ3n) is 3.58. The van der Waals surface area contributed by atoms with E-state index in [-0.39, 0.29) is 23.9 Å². The van der Waals surface area contributed by atoms with Crippen LogP contribution in [0.25, 0.3) is 0 Å². The van der Waals surface area contributed by atoms with E-state index in [1.165, 1.54) is 0 Å². The number of guanidine groups is 1. The summed E-state index contributed by atoms with van der Waals surface area (Å²) in [4.78, 5) is 29.7. The number of carbonyl (C=O) groups is 2. The van der Waals surface area contributed by atoms with Crippen molar-refractivity contribution >= 4 is 17.8 Å². The molecular formula is C19H31N5O2. The van der Waals surface area contributed by atoms with Crippen LogP contribution in [0.1, 0.15) is 36.7 Å². The minimum Gasteiger partial charge on any atom is -0.356 e. The molecule has 1 rings (SSSR count). The van der Waals surface area contributed by atoms with Crippen LogP contribution in [0.3, 0.4) is 0 Å². The van der Waals surface area contributed by atoms with Gasteiger partial charge in [0.2, 0.25) is 5.91 Å². The van der Waals surface area contributed by atoms with E-state index in [1.54, 1.807) is 25.1 Å². The molecule has 0 saturated carbocycles. The molecule has 0 bridgehead atoms. The summed E-state index contributed by atoms with van der Waals surface area (Å²) in [6, 6.07) is 7.52. The summed E-state index contributed by atoms with van der Waals surface area (Å²) in [6.45, 7) is 6.72. The first-order valence-corrected chi connectivity index (χ1v) is 8.70. The largest absolute Gasteiger partial charge is 0.356 e. The van der Waals surface area contributed by atoms with E-state index in [2.05, 4.69) is 20.9 Å². The van der Waals surface area contributed by atoms with Gasteiger partial charge in [0, 0.05) is 38.8 Å². The summed E-state index contributed by atoms with van der Waals surface area (Å²) in [6.07, 6.45) is 0.742. The molecular weight excluding hydrogens is 330 g/mol. The molecule has 0 aromatic heterocycles. The monoisotopic (exact) mass is 361 g/mol. The Morgan fingerprint density at radius 1 is 1.23 bits per heavy atom. The predicted molar refractivity (Wildman–Crippen MR) is 105 cm³/mol. The van der Waals surface area contributed by atoms with Crippen LogP contribution in [0.4, 0.5) is 0 Å². The van der Waals surface area contributed by atoms with Gasteiger partial charge in [0.15, 0.2) is 5.96 Å². The minimum absolute atomic E-state index is 0.0544. The fourth-order valence-electron chi connectivity index (χ4n) is 2.46. The first kappa shape index (κ1) is 21.5. The fourth-order valence-corrected chi connectivity index (χ4v) is 2.46. The molecule has 0 aliphatic carbocycles. The van der Waals surface area contributed by atoms with Gasteiger partial charge in [-0.2, -0.15) is 0 Å². The Morgan fingerprint density at radius 3 is 2.50 bits per heavy atom. The molecule has 0 spiro atoms. The van der Waals surface area contributed by atoms with Gasteiger partial charge in [-0.3, -0.25) is 14.6 Å². The standard InChI is InChI=1S/C19H31N5O2/c1-19(2,3)23-16(25)13-24(6)18(21-5)22-11-10-14-8-7-9-15(12-14)17(26)20-4/h7-9,12H,10-11,13H2,1-6H3,(H,20,26)(H,21,22)(H,23,25). The zero-order chi connectivity index (χ0) is 19.7. The smallest absolute Gasteiger partial charge is 0.251 e. The third-order valence-corrected chi connectivity index (χ3v) is 3.58. The van der Waals surface area contributed by atoms with Crippen LogP contribution < -0.4 is 16.0 Å². The molecule has 0 radical (unpaired) electrons. The second-order valence-corrected chi connectivity index (χ2v) is 7.16. The minimum atomic E-state index is -0.259. The third kappa shape index (κ3) is 7.55. The van der Waals surface area contributed by atoms with Crippen molar-refractivity contribution in [3.63, 3.8) is 0 Å². The van der Waals surface area contributed by atoms with E-state index in [0.717, 1.165) is 12.0 Å². The number of amides is 2. The van der Waals surface area contributed by atoms with Gasteiger partial charge in [0.1, 0.15) is 0 Å². The van der Waals surface area contributed by atoms with Crippen LogP contribution in [-0.2, 0) is 11.2 Å². The molecule has 144 valence electrons. The molecule has 0 unspecified atom stereocenters. The fraction of sp³-hybridized carbons (Fsp3) is 0.526. The lowest BCUT2D eigenvalue weighted by Gasteiger charge is -2.25. The Hall–Kier alpha value is -2.57. The Morgan fingerprint density at radius 2 is 1.92 bits per heavy atom. The number of hydrogen-bond donors (Lipinski definition) is 3. The zero-order valence-corrected chi connectivity index (χ0v) is 16.6. The number of nitrogens with one attached hydrogen (secondary N) is 3. The SMILES string of the molecule is CN=C(NCCc1cccc(C(=O)NC)c1)N(C)CC(=O)NC(C)(C)C. The number of nitrogens with zero attached hydrogens (tertiary/aromatic N) is 2. The van der Waals surface area contributed by atoms with Crippen molar-refractivity contribution in [1.82, 2.24) is 20.9 Å². The lowest BCUT2D eigenvalue weighted by molar-refractivity contribution is -0.122. The van der Waals surface area contributed by atoms with Crippen molar-refractivity contribution in [3.05, 3.63) is 35.4 Å². The van der Waals surface area contributed by atoms with Crippen molar-refractivity contribution in [3.8, 4) is 0 Å². The van der Waals surface area contributed by atoms with E-state index in [4.69, 9.17) is 0 Å². The molecule has 0 aliphatic rings. The maximum absolute atomic E-state index is 12.0. The first-order valence-electron chi connectivity index (χ1n) is 8.70. The summed E-state index contributed by atoms with van der Waals surface area (Å²) in [5, 5.41) is 8.80. The average molecular weight is 361 g/mol. The summed E-state index contributed by atoms with van der Waals surface area (Å²) in [7, 11) is 5.13. The van der Waals surface area contributed by atoms with Gasteiger partial charge in [-0.1, -0.05) is 12.1 Å². The molecule has 26 heavy (non-hydrogen) atoms. The molecule has 7 nitrogen and oxygen atoms in total. The molecule has 1 aromatic carbocycles. The molecule has 2 amide bonds. The van der Waals surface area contributed by atoms with E-state index in [1.807, 2.05) is 46.0 Å². The van der Waals surface area contributed by atoms with Crippen molar-refractivity contribution < 1.29 is 9.59 Å². The summed E-state index contributed by atoms with van der Waals surface area (Å²) >= 11 is 0. The molecule has 3 N–H and O–H groups in total. The van der Waals surface area contributed by atoms with Gasteiger partial charge in [-0.05, 0) is 44.9 Å². The van der Waals surface area contributed by atoms with Crippen molar-refractivity contribution in [2.45, 2.75) is 32.7 Å². The predicted octanol–water partition coefficient (Wildman–Crippen LogP) is 1.01. The van der Waals surface area contributed by atoms with Crippen molar-refractivity contribution in [1.29, 1.82) is 0 Å². The normalized spacial score (nSPS) is 11.7. The van der Waals surface area contributed by atoms with Gasteiger partial charge in [-0.15, -0.1) is 0 Å². The second kappa shape index (κ2) is 9.79. The van der Waals surface area contributed by atoms with Gasteiger partial charge in [0.25, 0.3) is 5.91 Å². The van der Waals surface area contributed by atoms with Crippen LogP contribution >= 0.6 is 0 Å². The maximum atomic E-state index is 12.0. The molecule has 0 atom stereocenters. The highest BCUT2D eigenvalue weighted by Crippen LogP contribution is 2.06. The number of benzene rings is 1. The number of aliphatic imine (C=N–C) groups is 1. The molecule has 7 heteroatoms. The Bertz CT molecular complexity index is 650. The van der Waals surface area contributed by atoms with Crippen molar-refractivity contribution in [2.24, 2.45) is 4.99 Å². The molecule has 0 fully saturated rings. The van der Waals surface area contributed by atoms with E-state index in [9.17, 15) is 9.59 Å². The zero-order valence-electron chi connectivity index (χ0n) is 16.6. The van der Waals surface area contributed by atoms with Crippen LogP contribution in [0.5, 0.6) is 0 Å². The number of hydrogen-bond acceptors (Lipinski definition) is 3. The van der Waals surface area contributed by atoms with E-state index in [0.29, 0.717) is 18.1 Å². The summed E-state index contributed by atoms with van der Waals surface area (Å²) < 4.78 is 0. The van der Waals surface area contributed by atoms with Gasteiger partial charge < -0.3 is 20.9 Å². The average Bonchev–Trinajstić information content (AvgIpc) is 2.56. The van der Waals surface area contributed by atoms with Gasteiger partial charge >= 0.3 is 0 Å². The molecule has 0 heterocycles. The molecule has 1 aromatic rings. The number of carbonyl (C=O) groups excluding carboxylic acids is 2. The quantitative estimate of drug-likeness (QED) is 0.521. The first-order chi connectivity index (χ1) is 12.2. The van der Waals surface area contributed by atoms with E-state index < -0.39 is 0 Å². The van der Waals surface area contributed by atoms with E-state index >= 15 is 0 Å². The number of rotatable bonds is 6. The second-order valence-electron chi connectivity index (χ2n) is 7.16. The number of likely N-dealkylation sites (N-methyl/N-ethyl adjacent to an activating group) is 1. The van der Waals surface area contributed by atoms with Crippen LogP contribution in [0.15, 0.2) is 29.3 Å². The van der Waals surface area contributed by atoms with Gasteiger partial charge in [0.05, 0.1) is 6.54 Å². The molecule has 0 aliphatic heterocycles. The lowest BCUT2D eigenvalue weighted by atomic mass is 10.1. The van der Waals surface area contributed by atoms with Crippen molar-refractivity contribution in [2.75, 3.05) is 34.2 Å². The summed E-state index contributed by atoms with van der Waals surface area (Å²) in [5.41, 5.74) is 1.44. The van der Waals surface area contributed by atoms with Crippen LogP contribution in [-0.4, -0.2) is 62.4 Å². The van der Waals surface area contributed by atoms with Crippen LogP contribution in [0, 0.1) is 0 Å². The topological polar surface area (TPSA) is 85.8 Å². The van der Waals surface area contributed by atoms with Gasteiger partial charge in [-0.25, -0.2) is 0 Å². The summed E-state index contributed by atoms with van der Waals surface area (Å²) in [5.74, 6) is 0.498. The Kier molecular flexibility index (Phi) is 8.09. The highest BCUT2D eigenvalue weighted by molar-refractivity contribution is 5.94. The highest BCUT2D eigenvalue weighted by Gasteiger charge is 2.16. The Labute approximate surface area is 156 Å². The Balaban J connectivity index is 2.54. The highest BCUT2D eigenvalue weighted by atomic mass is 16.2. The lowest BCUT2D eigenvalue weighted by Crippen LogP contribution is -2.49. The maximum Gasteiger partial charge on any atom is 0.251 e.